The first-order valence-electron chi connectivity index (χ1n) is 7.29. The minimum absolute atomic E-state index is 0.0959. The summed E-state index contributed by atoms with van der Waals surface area (Å²) in [5, 5.41) is 0. The summed E-state index contributed by atoms with van der Waals surface area (Å²) >= 11 is 1.45. The van der Waals surface area contributed by atoms with Gasteiger partial charge in [-0.25, -0.2) is 4.98 Å². The Morgan fingerprint density at radius 1 is 1.55 bits per heavy atom. The Labute approximate surface area is 125 Å². The van der Waals surface area contributed by atoms with Crippen LogP contribution in [0.15, 0.2) is 5.51 Å². The number of nitrogens with zero attached hydrogens (tertiary/aromatic N) is 2. The van der Waals surface area contributed by atoms with Gasteiger partial charge in [0.15, 0.2) is 0 Å². The molecule has 20 heavy (non-hydrogen) atoms. The first-order chi connectivity index (χ1) is 9.30. The molecule has 1 fully saturated rings. The standard InChI is InChI=1S/C15H25N3OS/c1-10(16)11-6-5-7-18(8-11)14(19)12-13(15(2,3)4)17-9-20-12/h9-11H,5-8,16H2,1-4H3/t10-,11-/m0/s1. The van der Waals surface area contributed by atoms with Gasteiger partial charge in [0.05, 0.1) is 11.2 Å². The number of amides is 1. The Balaban J connectivity index is 2.18. The van der Waals surface area contributed by atoms with Crippen molar-refractivity contribution in [2.24, 2.45) is 11.7 Å². The molecule has 0 aromatic carbocycles. The monoisotopic (exact) mass is 295 g/mol. The number of hydrogen-bond acceptors (Lipinski definition) is 4. The van der Waals surface area contributed by atoms with E-state index in [2.05, 4.69) is 25.8 Å². The number of carbonyl (C=O) groups excluding carboxylic acids is 1. The van der Waals surface area contributed by atoms with E-state index < -0.39 is 0 Å². The normalized spacial score (nSPS) is 21.9. The third-order valence-electron chi connectivity index (χ3n) is 3.96. The maximum absolute atomic E-state index is 12.8. The molecule has 0 saturated carbocycles. The van der Waals surface area contributed by atoms with Crippen LogP contribution in [0.5, 0.6) is 0 Å². The third-order valence-corrected chi connectivity index (χ3v) is 4.78. The van der Waals surface area contributed by atoms with Crippen LogP contribution in [0.4, 0.5) is 0 Å². The van der Waals surface area contributed by atoms with E-state index >= 15 is 0 Å². The number of carbonyl (C=O) groups is 1. The maximum atomic E-state index is 12.8. The number of nitrogens with two attached hydrogens (primary N) is 1. The third kappa shape index (κ3) is 3.20. The van der Waals surface area contributed by atoms with Crippen LogP contribution in [0.1, 0.15) is 55.9 Å². The van der Waals surface area contributed by atoms with Crippen LogP contribution in [-0.4, -0.2) is 34.9 Å². The van der Waals surface area contributed by atoms with E-state index in [9.17, 15) is 4.79 Å². The summed E-state index contributed by atoms with van der Waals surface area (Å²) in [5.74, 6) is 0.543. The van der Waals surface area contributed by atoms with Gasteiger partial charge in [0.25, 0.3) is 5.91 Å². The molecule has 5 heteroatoms. The fourth-order valence-electron chi connectivity index (χ4n) is 2.70. The Kier molecular flexibility index (Phi) is 4.49. The summed E-state index contributed by atoms with van der Waals surface area (Å²) in [7, 11) is 0. The summed E-state index contributed by atoms with van der Waals surface area (Å²) in [6.07, 6.45) is 2.16. The number of rotatable bonds is 2. The molecule has 112 valence electrons. The first-order valence-corrected chi connectivity index (χ1v) is 8.17. The van der Waals surface area contributed by atoms with Crippen molar-refractivity contribution in [1.82, 2.24) is 9.88 Å². The van der Waals surface area contributed by atoms with Crippen LogP contribution in [-0.2, 0) is 5.41 Å². The van der Waals surface area contributed by atoms with Crippen LogP contribution in [0.3, 0.4) is 0 Å². The van der Waals surface area contributed by atoms with Gasteiger partial charge in [0, 0.05) is 24.5 Å². The molecule has 1 amide bonds. The highest BCUT2D eigenvalue weighted by atomic mass is 32.1. The lowest BCUT2D eigenvalue weighted by Crippen LogP contribution is -2.45. The predicted molar refractivity (Wildman–Crippen MR) is 83.1 cm³/mol. The van der Waals surface area contributed by atoms with Gasteiger partial charge in [-0.15, -0.1) is 11.3 Å². The molecular formula is C15H25N3OS. The fourth-order valence-corrected chi connectivity index (χ4v) is 3.66. The van der Waals surface area contributed by atoms with E-state index in [-0.39, 0.29) is 17.4 Å². The molecule has 1 aromatic rings. The molecule has 0 spiro atoms. The molecule has 1 saturated heterocycles. The second kappa shape index (κ2) is 5.82. The molecule has 0 bridgehead atoms. The first kappa shape index (κ1) is 15.4. The summed E-state index contributed by atoms with van der Waals surface area (Å²) in [6.45, 7) is 9.94. The van der Waals surface area contributed by atoms with Gasteiger partial charge < -0.3 is 10.6 Å². The molecule has 4 nitrogen and oxygen atoms in total. The zero-order valence-electron chi connectivity index (χ0n) is 12.8. The van der Waals surface area contributed by atoms with Crippen LogP contribution in [0.2, 0.25) is 0 Å². The molecule has 2 heterocycles. The number of likely N-dealkylation sites (tertiary alicyclic amines) is 1. The largest absolute Gasteiger partial charge is 0.338 e. The lowest BCUT2D eigenvalue weighted by Gasteiger charge is -2.34. The van der Waals surface area contributed by atoms with E-state index in [4.69, 9.17) is 5.73 Å². The molecule has 1 aromatic heterocycles. The molecule has 0 radical (unpaired) electrons. The molecule has 1 aliphatic rings. The van der Waals surface area contributed by atoms with Crippen molar-refractivity contribution < 1.29 is 4.79 Å². The molecular weight excluding hydrogens is 270 g/mol. The van der Waals surface area contributed by atoms with Crippen molar-refractivity contribution in [3.63, 3.8) is 0 Å². The summed E-state index contributed by atoms with van der Waals surface area (Å²) in [4.78, 5) is 19.9. The van der Waals surface area contributed by atoms with Crippen molar-refractivity contribution >= 4 is 17.2 Å². The van der Waals surface area contributed by atoms with Gasteiger partial charge in [-0.3, -0.25) is 4.79 Å². The van der Waals surface area contributed by atoms with Gasteiger partial charge in [0.2, 0.25) is 0 Å². The minimum Gasteiger partial charge on any atom is -0.338 e. The van der Waals surface area contributed by atoms with Crippen LogP contribution >= 0.6 is 11.3 Å². The zero-order valence-corrected chi connectivity index (χ0v) is 13.7. The Morgan fingerprint density at radius 3 is 2.85 bits per heavy atom. The van der Waals surface area contributed by atoms with Crippen molar-refractivity contribution in [3.8, 4) is 0 Å². The molecule has 2 N–H and O–H groups in total. The second-order valence-corrected chi connectivity index (χ2v) is 7.65. The topological polar surface area (TPSA) is 59.2 Å². The van der Waals surface area contributed by atoms with Gasteiger partial charge in [-0.1, -0.05) is 20.8 Å². The molecule has 0 aliphatic carbocycles. The van der Waals surface area contributed by atoms with Crippen LogP contribution < -0.4 is 5.73 Å². The van der Waals surface area contributed by atoms with Gasteiger partial charge in [0.1, 0.15) is 4.88 Å². The number of piperidine rings is 1. The van der Waals surface area contributed by atoms with E-state index in [0.29, 0.717) is 5.92 Å². The van der Waals surface area contributed by atoms with Gasteiger partial charge in [-0.2, -0.15) is 0 Å². The number of thiazole rings is 1. The predicted octanol–water partition coefficient (Wildman–Crippen LogP) is 2.64. The number of aromatic nitrogens is 1. The average Bonchev–Trinajstić information content (AvgIpc) is 2.87. The van der Waals surface area contributed by atoms with Crippen molar-refractivity contribution in [3.05, 3.63) is 16.1 Å². The Morgan fingerprint density at radius 2 is 2.25 bits per heavy atom. The lowest BCUT2D eigenvalue weighted by molar-refractivity contribution is 0.0663. The zero-order chi connectivity index (χ0) is 14.9. The van der Waals surface area contributed by atoms with E-state index in [1.807, 2.05) is 11.8 Å². The quantitative estimate of drug-likeness (QED) is 0.912. The lowest BCUT2D eigenvalue weighted by atomic mass is 9.90. The summed E-state index contributed by atoms with van der Waals surface area (Å²) in [6, 6.07) is 0.147. The smallest absolute Gasteiger partial charge is 0.265 e. The van der Waals surface area contributed by atoms with Crippen molar-refractivity contribution in [2.45, 2.75) is 52.0 Å². The van der Waals surface area contributed by atoms with Crippen molar-refractivity contribution in [1.29, 1.82) is 0 Å². The highest BCUT2D eigenvalue weighted by Gasteiger charge is 2.31. The highest BCUT2D eigenvalue weighted by Crippen LogP contribution is 2.29. The van der Waals surface area contributed by atoms with Crippen LogP contribution in [0.25, 0.3) is 0 Å². The fraction of sp³-hybridized carbons (Fsp3) is 0.733. The summed E-state index contributed by atoms with van der Waals surface area (Å²) in [5.41, 5.74) is 8.59. The molecule has 1 aliphatic heterocycles. The number of hydrogen-bond donors (Lipinski definition) is 1. The van der Waals surface area contributed by atoms with Gasteiger partial charge >= 0.3 is 0 Å². The Bertz CT molecular complexity index is 476. The van der Waals surface area contributed by atoms with Crippen LogP contribution in [0, 0.1) is 5.92 Å². The highest BCUT2D eigenvalue weighted by molar-refractivity contribution is 7.11. The average molecular weight is 295 g/mol. The summed E-state index contributed by atoms with van der Waals surface area (Å²) < 4.78 is 0. The maximum Gasteiger partial charge on any atom is 0.265 e. The SMILES string of the molecule is C[C@H](N)[C@H]1CCCN(C(=O)c2scnc2C(C)(C)C)C1. The minimum atomic E-state index is -0.0959. The Hall–Kier alpha value is -0.940. The molecule has 0 unspecified atom stereocenters. The van der Waals surface area contributed by atoms with E-state index in [0.717, 1.165) is 36.5 Å². The second-order valence-electron chi connectivity index (χ2n) is 6.79. The molecule has 2 rings (SSSR count). The van der Waals surface area contributed by atoms with Gasteiger partial charge in [-0.05, 0) is 25.7 Å². The van der Waals surface area contributed by atoms with Crippen molar-refractivity contribution in [2.75, 3.05) is 13.1 Å². The molecule has 2 atom stereocenters. The van der Waals surface area contributed by atoms with E-state index in [1.54, 1.807) is 5.51 Å². The van der Waals surface area contributed by atoms with E-state index in [1.165, 1.54) is 11.3 Å².